The minimum atomic E-state index is -3.49. The zero-order chi connectivity index (χ0) is 20.5. The molecule has 2 aromatic rings. The Morgan fingerprint density at radius 3 is 2.61 bits per heavy atom. The van der Waals surface area contributed by atoms with Crippen LogP contribution in [-0.4, -0.2) is 67.5 Å². The zero-order valence-corrected chi connectivity index (χ0v) is 20.2. The topological polar surface area (TPSA) is 129 Å². The third kappa shape index (κ3) is 6.10. The molecule has 2 heterocycles. The van der Waals surface area contributed by atoms with Crippen molar-refractivity contribution in [3.63, 3.8) is 0 Å². The van der Waals surface area contributed by atoms with E-state index >= 15 is 0 Å². The largest absolute Gasteiger partial charge is 0.340 e. The summed E-state index contributed by atoms with van der Waals surface area (Å²) in [4.78, 5) is 17.9. The summed E-state index contributed by atoms with van der Waals surface area (Å²) in [5.41, 5.74) is 11.3. The molecule has 31 heavy (non-hydrogen) atoms. The average molecular weight is 521 g/mol. The predicted octanol–water partition coefficient (Wildman–Crippen LogP) is 2.87. The minimum absolute atomic E-state index is 0. The molecule has 1 aromatic carbocycles. The monoisotopic (exact) mass is 519 g/mol. The highest BCUT2D eigenvalue weighted by atomic mass is 35.5. The lowest BCUT2D eigenvalue weighted by molar-refractivity contribution is -0.132. The molecule has 1 saturated heterocycles. The van der Waals surface area contributed by atoms with Gasteiger partial charge < -0.3 is 16.4 Å². The number of halogens is 4. The Morgan fingerprint density at radius 2 is 1.97 bits per heavy atom. The molecule has 178 valence electrons. The van der Waals surface area contributed by atoms with Gasteiger partial charge >= 0.3 is 0 Å². The maximum Gasteiger partial charge on any atom is 0.240 e. The highest BCUT2D eigenvalue weighted by molar-refractivity contribution is 8.22. The lowest BCUT2D eigenvalue weighted by Crippen LogP contribution is -2.50. The third-order valence-corrected chi connectivity index (χ3v) is 7.11. The quantitative estimate of drug-likeness (QED) is 0.488. The fourth-order valence-corrected chi connectivity index (χ4v) is 5.52. The maximum atomic E-state index is 14.4. The van der Waals surface area contributed by atoms with E-state index in [1.807, 2.05) is 0 Å². The number of fused-ring (bicyclic) bond motifs is 1. The smallest absolute Gasteiger partial charge is 0.240 e. The molecule has 0 aliphatic carbocycles. The van der Waals surface area contributed by atoms with Crippen LogP contribution in [0.15, 0.2) is 35.5 Å². The van der Waals surface area contributed by atoms with E-state index in [2.05, 4.69) is 4.98 Å². The molecule has 0 bridgehead atoms. The van der Waals surface area contributed by atoms with Crippen LogP contribution >= 0.6 is 48.0 Å². The minimum Gasteiger partial charge on any atom is -0.340 e. The lowest BCUT2D eigenvalue weighted by atomic mass is 10.2. The van der Waals surface area contributed by atoms with E-state index < -0.39 is 22.6 Å². The van der Waals surface area contributed by atoms with Gasteiger partial charge in [0, 0.05) is 49.2 Å². The van der Waals surface area contributed by atoms with Gasteiger partial charge in [-0.15, -0.1) is 48.0 Å². The van der Waals surface area contributed by atoms with E-state index in [1.165, 1.54) is 12.3 Å². The van der Waals surface area contributed by atoms with E-state index in [9.17, 15) is 18.3 Å². The summed E-state index contributed by atoms with van der Waals surface area (Å²) in [6.07, 6.45) is 3.07. The second kappa shape index (κ2) is 12.3. The molecule has 1 aromatic heterocycles. The number of rotatable bonds is 4. The van der Waals surface area contributed by atoms with Crippen molar-refractivity contribution in [3.8, 4) is 0 Å². The predicted molar refractivity (Wildman–Crippen MR) is 129 cm³/mol. The molecule has 0 spiro atoms. The van der Waals surface area contributed by atoms with Crippen molar-refractivity contribution in [1.82, 2.24) is 14.2 Å². The molecule has 1 aliphatic rings. The number of hydrogen-bond acceptors (Lipinski definition) is 7. The number of nitrogens with two attached hydrogens (primary N) is 2. The Bertz CT molecular complexity index is 877. The molecule has 0 radical (unpaired) electrons. The number of hydrogen-bond donors (Lipinski definition) is 4. The Labute approximate surface area is 201 Å². The van der Waals surface area contributed by atoms with Crippen molar-refractivity contribution in [1.29, 1.82) is 0 Å². The van der Waals surface area contributed by atoms with Crippen molar-refractivity contribution >= 4 is 64.7 Å². The Morgan fingerprint density at radius 1 is 1.29 bits per heavy atom. The maximum absolute atomic E-state index is 14.4. The van der Waals surface area contributed by atoms with Gasteiger partial charge in [0.15, 0.2) is 5.82 Å². The van der Waals surface area contributed by atoms with E-state index in [1.54, 1.807) is 28.3 Å². The molecule has 2 atom stereocenters. The van der Waals surface area contributed by atoms with E-state index in [-0.39, 0.29) is 72.5 Å². The normalized spacial score (nSPS) is 18.8. The van der Waals surface area contributed by atoms with Crippen LogP contribution in [0.5, 0.6) is 0 Å². The van der Waals surface area contributed by atoms with E-state index in [0.717, 1.165) is 6.20 Å². The first-order valence-corrected chi connectivity index (χ1v) is 10.6. The van der Waals surface area contributed by atoms with Gasteiger partial charge in [0.25, 0.3) is 0 Å². The molecular formula is C18H29Cl3FN5O3S. The van der Waals surface area contributed by atoms with Crippen molar-refractivity contribution in [2.45, 2.75) is 30.3 Å². The van der Waals surface area contributed by atoms with Crippen molar-refractivity contribution < 1.29 is 18.3 Å². The van der Waals surface area contributed by atoms with E-state index in [0.29, 0.717) is 24.9 Å². The van der Waals surface area contributed by atoms with Crippen LogP contribution in [0.3, 0.4) is 0 Å². The Balaban J connectivity index is 0.00000300. The van der Waals surface area contributed by atoms with Gasteiger partial charge in [-0.1, -0.05) is 12.1 Å². The molecule has 8 nitrogen and oxygen atoms in total. The van der Waals surface area contributed by atoms with Crippen LogP contribution in [0.1, 0.15) is 13.3 Å². The van der Waals surface area contributed by atoms with Crippen molar-refractivity contribution in [2.75, 3.05) is 26.2 Å². The van der Waals surface area contributed by atoms with Gasteiger partial charge in [-0.25, -0.2) is 4.39 Å². The summed E-state index contributed by atoms with van der Waals surface area (Å²) < 4.78 is 38.3. The van der Waals surface area contributed by atoms with E-state index in [4.69, 9.17) is 11.5 Å². The molecule has 6 N–H and O–H groups in total. The van der Waals surface area contributed by atoms with Gasteiger partial charge in [0.05, 0.1) is 17.1 Å². The molecule has 0 unspecified atom stereocenters. The van der Waals surface area contributed by atoms with Gasteiger partial charge in [-0.05, 0) is 19.4 Å². The Kier molecular flexibility index (Phi) is 12.0. The number of carbonyl (C=O) groups is 1. The molecule has 13 heteroatoms. The summed E-state index contributed by atoms with van der Waals surface area (Å²) in [5.74, 6) is -0.865. The van der Waals surface area contributed by atoms with Crippen LogP contribution in [0.4, 0.5) is 4.39 Å². The van der Waals surface area contributed by atoms with Gasteiger partial charge in [0.1, 0.15) is 0 Å². The highest BCUT2D eigenvalue weighted by Crippen LogP contribution is 2.55. The number of benzene rings is 1. The number of nitrogens with zero attached hydrogens (tertiary/aromatic N) is 3. The molecule has 0 saturated carbocycles. The Hall–Kier alpha value is -0.950. The van der Waals surface area contributed by atoms with Gasteiger partial charge in [0.2, 0.25) is 5.91 Å². The molecule has 1 aliphatic heterocycles. The van der Waals surface area contributed by atoms with Crippen LogP contribution in [-0.2, 0) is 4.79 Å². The summed E-state index contributed by atoms with van der Waals surface area (Å²) in [7, 11) is -3.49. The zero-order valence-electron chi connectivity index (χ0n) is 16.9. The van der Waals surface area contributed by atoms with Crippen LogP contribution < -0.4 is 11.5 Å². The molecule has 1 fully saturated rings. The first-order chi connectivity index (χ1) is 13.3. The number of carbonyl (C=O) groups excluding carboxylic acids is 1. The summed E-state index contributed by atoms with van der Waals surface area (Å²) in [5, 5.41) is 0.637. The number of pyridine rings is 1. The van der Waals surface area contributed by atoms with Gasteiger partial charge in [-0.2, -0.15) is 4.31 Å². The lowest BCUT2D eigenvalue weighted by Gasteiger charge is -2.46. The fourth-order valence-electron chi connectivity index (χ4n) is 3.57. The first kappa shape index (κ1) is 30.0. The van der Waals surface area contributed by atoms with Crippen LogP contribution in [0.25, 0.3) is 10.8 Å². The molecule has 3 rings (SSSR count). The fraction of sp³-hybridized carbons (Fsp3) is 0.444. The standard InChI is InChI=1S/C18H26FN5O3S.3ClH/c1-12-11-23(18(25)15(21)8-20)6-3-7-24(12)28(26,27)16-5-2-4-13-9-22-10-14(19)17(13)16;;;/h2,4-5,9-10,12,15,26-27H,3,6-8,11,20-21H2,1H3;3*1H/t12-,15+;;;/m0.../s1. The van der Waals surface area contributed by atoms with Crippen LogP contribution in [0, 0.1) is 5.82 Å². The SMILES string of the molecule is C[C@H]1CN(C(=O)[C@H](N)CN)CCCN1S(O)(O)c1cccc2cncc(F)c12.Cl.Cl.Cl. The average Bonchev–Trinajstić information content (AvgIpc) is 2.88. The van der Waals surface area contributed by atoms with Crippen molar-refractivity contribution in [3.05, 3.63) is 36.4 Å². The van der Waals surface area contributed by atoms with Gasteiger partial charge in [-0.3, -0.25) is 18.9 Å². The second-order valence-corrected chi connectivity index (χ2v) is 8.91. The summed E-state index contributed by atoms with van der Waals surface area (Å²) in [6, 6.07) is 3.68. The molecule has 1 amide bonds. The highest BCUT2D eigenvalue weighted by Gasteiger charge is 2.35. The number of aromatic nitrogens is 1. The van der Waals surface area contributed by atoms with Crippen molar-refractivity contribution in [2.24, 2.45) is 11.5 Å². The number of amides is 1. The second-order valence-electron chi connectivity index (χ2n) is 6.96. The first-order valence-electron chi connectivity index (χ1n) is 9.09. The summed E-state index contributed by atoms with van der Waals surface area (Å²) in [6.45, 7) is 2.91. The molecular weight excluding hydrogens is 492 g/mol. The van der Waals surface area contributed by atoms with Crippen LogP contribution in [0.2, 0.25) is 0 Å². The summed E-state index contributed by atoms with van der Waals surface area (Å²) >= 11 is 0. The third-order valence-electron chi connectivity index (χ3n) is 4.99.